The predicted molar refractivity (Wildman–Crippen MR) is 67.3 cm³/mol. The van der Waals surface area contributed by atoms with Gasteiger partial charge < -0.3 is 0 Å². The first-order valence-corrected chi connectivity index (χ1v) is 7.37. The molecule has 7 heteroatoms. The molecule has 0 spiro atoms. The Bertz CT molecular complexity index is 673. The molecule has 0 aliphatic rings. The number of rotatable bonds is 4. The number of hydrogen-bond donors (Lipinski definition) is 1. The second kappa shape index (κ2) is 5.27. The summed E-state index contributed by atoms with van der Waals surface area (Å²) in [5, 5.41) is 10.7. The third kappa shape index (κ3) is 2.73. The van der Waals surface area contributed by atoms with Gasteiger partial charge in [0, 0.05) is 17.6 Å². The quantitative estimate of drug-likeness (QED) is 0.919. The largest absolute Gasteiger partial charge is 0.244 e. The monoisotopic (exact) mass is 279 g/mol. The van der Waals surface area contributed by atoms with Crippen LogP contribution in [0.3, 0.4) is 0 Å². The maximum absolute atomic E-state index is 12.0. The summed E-state index contributed by atoms with van der Waals surface area (Å²) >= 11 is 1.46. The number of nitriles is 1. The number of pyridine rings is 1. The topological polar surface area (TPSA) is 82.8 Å². The summed E-state index contributed by atoms with van der Waals surface area (Å²) in [6.07, 6.45) is 1.39. The molecule has 0 aliphatic heterocycles. The Morgan fingerprint density at radius 3 is 2.89 bits per heavy atom. The van der Waals surface area contributed by atoms with Crippen LogP contribution in [-0.4, -0.2) is 13.4 Å². The first-order chi connectivity index (χ1) is 8.63. The molecular formula is C11H9N3O2S2. The second-order valence-corrected chi connectivity index (χ2v) is 6.13. The van der Waals surface area contributed by atoms with Crippen molar-refractivity contribution in [2.24, 2.45) is 0 Å². The van der Waals surface area contributed by atoms with Gasteiger partial charge in [-0.15, -0.1) is 11.3 Å². The van der Waals surface area contributed by atoms with Crippen molar-refractivity contribution in [2.45, 2.75) is 11.4 Å². The first-order valence-electron chi connectivity index (χ1n) is 5.00. The maximum Gasteiger partial charge on any atom is 0.243 e. The highest BCUT2D eigenvalue weighted by Gasteiger charge is 2.18. The molecule has 2 heterocycles. The van der Waals surface area contributed by atoms with Gasteiger partial charge in [0.1, 0.15) is 11.0 Å². The molecule has 0 saturated heterocycles. The fourth-order valence-electron chi connectivity index (χ4n) is 1.35. The van der Waals surface area contributed by atoms with Crippen molar-refractivity contribution in [3.05, 3.63) is 46.4 Å². The summed E-state index contributed by atoms with van der Waals surface area (Å²) in [7, 11) is -3.71. The highest BCUT2D eigenvalue weighted by molar-refractivity contribution is 7.89. The third-order valence-electron chi connectivity index (χ3n) is 2.18. The zero-order valence-electron chi connectivity index (χ0n) is 9.20. The Morgan fingerprint density at radius 2 is 2.22 bits per heavy atom. The first kappa shape index (κ1) is 12.7. The number of thiophene rings is 1. The van der Waals surface area contributed by atoms with Gasteiger partial charge in [-0.3, -0.25) is 0 Å². The van der Waals surface area contributed by atoms with Crippen LogP contribution in [0.4, 0.5) is 0 Å². The van der Waals surface area contributed by atoms with Crippen molar-refractivity contribution in [1.82, 2.24) is 9.71 Å². The van der Waals surface area contributed by atoms with E-state index in [2.05, 4.69) is 9.71 Å². The Morgan fingerprint density at radius 1 is 1.39 bits per heavy atom. The van der Waals surface area contributed by atoms with Crippen LogP contribution in [0.15, 0.2) is 40.7 Å². The Hall–Kier alpha value is -1.75. The summed E-state index contributed by atoms with van der Waals surface area (Å²) in [5.74, 6) is 0. The predicted octanol–water partition coefficient (Wildman–Crippen LogP) is 1.49. The molecule has 0 aliphatic carbocycles. The Labute approximate surface area is 109 Å². The van der Waals surface area contributed by atoms with Crippen LogP contribution in [0.2, 0.25) is 0 Å². The van der Waals surface area contributed by atoms with Crippen LogP contribution >= 0.6 is 11.3 Å². The van der Waals surface area contributed by atoms with Crippen molar-refractivity contribution in [1.29, 1.82) is 5.26 Å². The molecule has 92 valence electrons. The molecule has 0 atom stereocenters. The van der Waals surface area contributed by atoms with Gasteiger partial charge in [-0.2, -0.15) is 5.26 Å². The van der Waals surface area contributed by atoms with Crippen molar-refractivity contribution < 1.29 is 8.42 Å². The van der Waals surface area contributed by atoms with Crippen molar-refractivity contribution >= 4 is 21.4 Å². The Kier molecular flexibility index (Phi) is 3.72. The summed E-state index contributed by atoms with van der Waals surface area (Å²) in [6, 6.07) is 8.30. The second-order valence-electron chi connectivity index (χ2n) is 3.37. The van der Waals surface area contributed by atoms with Gasteiger partial charge >= 0.3 is 0 Å². The van der Waals surface area contributed by atoms with E-state index in [1.54, 1.807) is 6.07 Å². The van der Waals surface area contributed by atoms with E-state index in [1.165, 1.54) is 29.7 Å². The van der Waals surface area contributed by atoms with E-state index >= 15 is 0 Å². The summed E-state index contributed by atoms with van der Waals surface area (Å²) < 4.78 is 26.5. The van der Waals surface area contributed by atoms with E-state index in [-0.39, 0.29) is 17.1 Å². The van der Waals surface area contributed by atoms with E-state index in [9.17, 15) is 8.42 Å². The lowest BCUT2D eigenvalue weighted by molar-refractivity contribution is 0.581. The number of nitrogens with zero attached hydrogens (tertiary/aromatic N) is 2. The minimum atomic E-state index is -3.71. The average Bonchev–Trinajstić information content (AvgIpc) is 2.89. The molecule has 0 unspecified atom stereocenters. The summed E-state index contributed by atoms with van der Waals surface area (Å²) in [5.41, 5.74) is -0.101. The molecule has 0 radical (unpaired) electrons. The molecule has 0 bridgehead atoms. The van der Waals surface area contributed by atoms with Gasteiger partial charge in [0.15, 0.2) is 5.69 Å². The molecule has 2 rings (SSSR count). The van der Waals surface area contributed by atoms with Gasteiger partial charge in [0.25, 0.3) is 0 Å². The highest BCUT2D eigenvalue weighted by atomic mass is 32.2. The number of hydrogen-bond acceptors (Lipinski definition) is 5. The minimum absolute atomic E-state index is 0.0935. The number of nitrogens with one attached hydrogen (secondary N) is 1. The molecule has 1 N–H and O–H groups in total. The SMILES string of the molecule is N#Cc1ncccc1S(=O)(=O)NCc1cccs1. The third-order valence-corrected chi connectivity index (χ3v) is 4.49. The van der Waals surface area contributed by atoms with Gasteiger partial charge in [-0.1, -0.05) is 6.07 Å². The van der Waals surface area contributed by atoms with Crippen molar-refractivity contribution in [2.75, 3.05) is 0 Å². The molecule has 5 nitrogen and oxygen atoms in total. The fraction of sp³-hybridized carbons (Fsp3) is 0.0909. The summed E-state index contributed by atoms with van der Waals surface area (Å²) in [4.78, 5) is 4.54. The van der Waals surface area contributed by atoms with Crippen molar-refractivity contribution in [3.8, 4) is 6.07 Å². The molecule has 18 heavy (non-hydrogen) atoms. The number of sulfonamides is 1. The van der Waals surface area contributed by atoms with E-state index in [1.807, 2.05) is 17.5 Å². The standard InChI is InChI=1S/C11H9N3O2S2/c12-7-10-11(4-1-5-13-10)18(15,16)14-8-9-3-2-6-17-9/h1-6,14H,8H2. The molecule has 2 aromatic rings. The van der Waals surface area contributed by atoms with Crippen LogP contribution in [0, 0.1) is 11.3 Å². The lowest BCUT2D eigenvalue weighted by atomic mass is 10.4. The molecule has 2 aromatic heterocycles. The normalized spacial score (nSPS) is 11.1. The van der Waals surface area contributed by atoms with E-state index in [0.29, 0.717) is 0 Å². The van der Waals surface area contributed by atoms with Gasteiger partial charge in [0.2, 0.25) is 10.0 Å². The van der Waals surface area contributed by atoms with Gasteiger partial charge in [-0.25, -0.2) is 18.1 Å². The van der Waals surface area contributed by atoms with Crippen LogP contribution in [0.1, 0.15) is 10.6 Å². The summed E-state index contributed by atoms with van der Waals surface area (Å²) in [6.45, 7) is 0.208. The molecule has 0 fully saturated rings. The molecule has 0 saturated carbocycles. The van der Waals surface area contributed by atoms with E-state index in [4.69, 9.17) is 5.26 Å². The molecule has 0 aromatic carbocycles. The highest BCUT2D eigenvalue weighted by Crippen LogP contribution is 2.14. The smallest absolute Gasteiger partial charge is 0.243 e. The van der Waals surface area contributed by atoms with Crippen LogP contribution in [-0.2, 0) is 16.6 Å². The molecular weight excluding hydrogens is 270 g/mol. The molecule has 0 amide bonds. The average molecular weight is 279 g/mol. The van der Waals surface area contributed by atoms with E-state index in [0.717, 1.165) is 4.88 Å². The van der Waals surface area contributed by atoms with Gasteiger partial charge in [0.05, 0.1) is 0 Å². The van der Waals surface area contributed by atoms with Crippen LogP contribution in [0.25, 0.3) is 0 Å². The fourth-order valence-corrected chi connectivity index (χ4v) is 3.20. The Balaban J connectivity index is 2.23. The van der Waals surface area contributed by atoms with Crippen molar-refractivity contribution in [3.63, 3.8) is 0 Å². The minimum Gasteiger partial charge on any atom is -0.244 e. The maximum atomic E-state index is 12.0. The zero-order valence-corrected chi connectivity index (χ0v) is 10.8. The van der Waals surface area contributed by atoms with Crippen LogP contribution in [0.5, 0.6) is 0 Å². The number of aromatic nitrogens is 1. The lowest BCUT2D eigenvalue weighted by Crippen LogP contribution is -2.23. The van der Waals surface area contributed by atoms with Crippen LogP contribution < -0.4 is 4.72 Å². The van der Waals surface area contributed by atoms with Gasteiger partial charge in [-0.05, 0) is 23.6 Å². The lowest BCUT2D eigenvalue weighted by Gasteiger charge is -2.06. The van der Waals surface area contributed by atoms with E-state index < -0.39 is 10.0 Å². The zero-order chi connectivity index (χ0) is 13.0.